The lowest BCUT2D eigenvalue weighted by Gasteiger charge is -2.12. The normalized spacial score (nSPS) is 19.1. The van der Waals surface area contributed by atoms with Gasteiger partial charge in [-0.05, 0) is 51.8 Å². The first-order valence-electron chi connectivity index (χ1n) is 23.9. The van der Waals surface area contributed by atoms with Crippen molar-refractivity contribution in [3.63, 3.8) is 0 Å². The van der Waals surface area contributed by atoms with Crippen LogP contribution in [-0.4, -0.2) is 19.5 Å². The third-order valence-corrected chi connectivity index (χ3v) is 7.25. The number of aromatic nitrogens is 4. The molecule has 0 N–H and O–H groups in total. The van der Waals surface area contributed by atoms with Crippen LogP contribution in [0.1, 0.15) is 30.2 Å². The molecule has 10 rings (SSSR count). The summed E-state index contributed by atoms with van der Waals surface area (Å²) >= 11 is 0. The van der Waals surface area contributed by atoms with Crippen LogP contribution in [0.2, 0.25) is 0 Å². The van der Waals surface area contributed by atoms with Gasteiger partial charge < -0.3 is 4.42 Å². The number of hydrogen-bond acceptors (Lipinski definition) is 4. The molecule has 3 heterocycles. The maximum absolute atomic E-state index is 9.80. The Morgan fingerprint density at radius 3 is 1.75 bits per heavy atom. The molecule has 0 spiro atoms. The number of benzene rings is 7. The van der Waals surface area contributed by atoms with Crippen LogP contribution in [0.3, 0.4) is 0 Å². The van der Waals surface area contributed by atoms with Crippen molar-refractivity contribution in [1.29, 1.82) is 0 Å². The van der Waals surface area contributed by atoms with E-state index in [2.05, 4.69) is 15.0 Å². The van der Waals surface area contributed by atoms with E-state index in [1.54, 1.807) is 0 Å². The predicted octanol–water partition coefficient (Wildman–Crippen LogP) is 9.95. The first kappa shape index (κ1) is 10.9. The minimum absolute atomic E-state index is 0.0956. The zero-order valence-corrected chi connectivity index (χ0v) is 21.7. The van der Waals surface area contributed by atoms with Crippen molar-refractivity contribution in [2.45, 2.75) is 0 Å². The van der Waals surface area contributed by atoms with Crippen molar-refractivity contribution in [1.82, 2.24) is 19.5 Å². The van der Waals surface area contributed by atoms with E-state index in [0.29, 0.717) is 0 Å². The van der Waals surface area contributed by atoms with Crippen molar-refractivity contribution >= 4 is 65.3 Å². The summed E-state index contributed by atoms with van der Waals surface area (Å²) in [6.45, 7) is 0. The van der Waals surface area contributed by atoms with Gasteiger partial charge in [0.15, 0.2) is 11.6 Å². The Hall–Kier alpha value is -6.07. The second-order valence-electron chi connectivity index (χ2n) is 9.58. The van der Waals surface area contributed by atoms with Gasteiger partial charge in [-0.3, -0.25) is 4.57 Å². The zero-order valence-electron chi connectivity index (χ0n) is 43.7. The van der Waals surface area contributed by atoms with Gasteiger partial charge >= 0.3 is 0 Å². The highest BCUT2D eigenvalue weighted by Crippen LogP contribution is 2.44. The van der Waals surface area contributed by atoms with E-state index in [1.165, 1.54) is 0 Å². The number of furan rings is 1. The lowest BCUT2D eigenvalue weighted by Crippen LogP contribution is -2.06. The molecule has 0 saturated heterocycles. The van der Waals surface area contributed by atoms with E-state index in [-0.39, 0.29) is 37.9 Å². The summed E-state index contributed by atoms with van der Waals surface area (Å²) in [5.74, 6) is -2.25. The maximum Gasteiger partial charge on any atom is 0.238 e. The standard InChI is InChI=1S/C39H22N4O/c1-2-11-23(12-3-1)37-40-38(42-39(41-37)43-31-18-8-6-15-27(31)28-16-7-9-19-32(28)43)24-21-30-26-14-5-4-13-25(26)29-17-10-20-33-35(29)36(30)34(22-24)44-33/h1-22H/i1D,2D,3D,4D,5D,6D,7D,8D,9D,10D,11D,12D,13D,14D,15D,16D,17D,18D,19D,20D,21D,22D. The molecule has 3 aromatic heterocycles. The minimum Gasteiger partial charge on any atom is -0.456 e. The fourth-order valence-corrected chi connectivity index (χ4v) is 5.47. The lowest BCUT2D eigenvalue weighted by molar-refractivity contribution is 0.669. The van der Waals surface area contributed by atoms with Gasteiger partial charge in [-0.15, -0.1) is 0 Å². The van der Waals surface area contributed by atoms with Gasteiger partial charge in [0, 0.05) is 32.7 Å². The van der Waals surface area contributed by atoms with E-state index < -0.39 is 189 Å². The molecule has 0 amide bonds. The molecule has 5 heteroatoms. The minimum atomic E-state index is -0.854. The molecular formula is C39H22N4O. The second-order valence-corrected chi connectivity index (χ2v) is 9.58. The SMILES string of the molecule is [2H]c1c([2H])c([2H])c(-c2nc(-c3c([2H])c4oc5c([2H])c([2H])c([2H])c6c7c([2H])c([2H])c([2H])c([2H])c7c(c3[2H])c4c56)nc(-n3c4c([2H])c([2H])c([2H])c([2H])c4c4c([2H])c([2H])c([2H])c([2H])c43)n2)c([2H])c1[2H]. The summed E-state index contributed by atoms with van der Waals surface area (Å²) < 4.78 is 200. The molecule has 0 fully saturated rings. The van der Waals surface area contributed by atoms with Crippen LogP contribution >= 0.6 is 0 Å². The molecule has 0 radical (unpaired) electrons. The Morgan fingerprint density at radius 1 is 0.455 bits per heavy atom. The first-order chi connectivity index (χ1) is 31.0. The summed E-state index contributed by atoms with van der Waals surface area (Å²) in [7, 11) is 0. The van der Waals surface area contributed by atoms with Gasteiger partial charge in [0.2, 0.25) is 5.95 Å². The van der Waals surface area contributed by atoms with Crippen LogP contribution in [0.25, 0.3) is 94.0 Å². The van der Waals surface area contributed by atoms with Crippen LogP contribution in [0, 0.1) is 0 Å². The molecule has 5 nitrogen and oxygen atoms in total. The molecule has 0 saturated carbocycles. The molecule has 0 aliphatic rings. The monoisotopic (exact) mass is 584 g/mol. The van der Waals surface area contributed by atoms with Crippen molar-refractivity contribution in [2.24, 2.45) is 0 Å². The van der Waals surface area contributed by atoms with Crippen LogP contribution in [-0.2, 0) is 0 Å². The van der Waals surface area contributed by atoms with Gasteiger partial charge in [0.25, 0.3) is 0 Å². The Labute approximate surface area is 281 Å². The van der Waals surface area contributed by atoms with E-state index >= 15 is 0 Å². The van der Waals surface area contributed by atoms with Gasteiger partial charge in [-0.25, -0.2) is 4.98 Å². The molecule has 10 aromatic rings. The van der Waals surface area contributed by atoms with Gasteiger partial charge in [-0.2, -0.15) is 9.97 Å². The molecule has 0 bridgehead atoms. The van der Waals surface area contributed by atoms with Crippen LogP contribution in [0.4, 0.5) is 0 Å². The van der Waals surface area contributed by atoms with Gasteiger partial charge in [-0.1, -0.05) is 103 Å². The maximum atomic E-state index is 9.80. The molecular weight excluding hydrogens is 540 g/mol. The fourth-order valence-electron chi connectivity index (χ4n) is 5.47. The van der Waals surface area contributed by atoms with Crippen molar-refractivity contribution in [3.8, 4) is 28.7 Å². The number of fused-ring (bicyclic) bond motifs is 6. The average molecular weight is 585 g/mol. The molecule has 0 aliphatic carbocycles. The molecule has 0 aliphatic heterocycles. The Bertz CT molecular complexity index is 3870. The van der Waals surface area contributed by atoms with Crippen LogP contribution in [0.5, 0.6) is 0 Å². The molecule has 0 unspecified atom stereocenters. The third-order valence-electron chi connectivity index (χ3n) is 7.25. The Kier molecular flexibility index (Phi) is 2.16. The topological polar surface area (TPSA) is 56.7 Å². The molecule has 7 aromatic carbocycles. The largest absolute Gasteiger partial charge is 0.456 e. The highest BCUT2D eigenvalue weighted by Gasteiger charge is 2.21. The predicted molar refractivity (Wildman–Crippen MR) is 179 cm³/mol. The molecule has 204 valence electrons. The van der Waals surface area contributed by atoms with Crippen molar-refractivity contribution < 1.29 is 34.6 Å². The summed E-state index contributed by atoms with van der Waals surface area (Å²) in [6, 6.07) is -16.6. The zero-order chi connectivity index (χ0) is 47.9. The van der Waals surface area contributed by atoms with Crippen molar-refractivity contribution in [2.75, 3.05) is 0 Å². The smallest absolute Gasteiger partial charge is 0.238 e. The highest BCUT2D eigenvalue weighted by molar-refractivity contribution is 6.33. The number of hydrogen-bond donors (Lipinski definition) is 0. The number of para-hydroxylation sites is 2. The van der Waals surface area contributed by atoms with E-state index in [1.807, 2.05) is 0 Å². The summed E-state index contributed by atoms with van der Waals surface area (Å²) in [4.78, 5) is 13.4. The van der Waals surface area contributed by atoms with Crippen LogP contribution < -0.4 is 0 Å². The average Bonchev–Trinajstić information content (AvgIpc) is 3.87. The summed E-state index contributed by atoms with van der Waals surface area (Å²) in [5, 5.41) is -2.23. The summed E-state index contributed by atoms with van der Waals surface area (Å²) in [6.07, 6.45) is 0. The Morgan fingerprint density at radius 2 is 1.02 bits per heavy atom. The summed E-state index contributed by atoms with van der Waals surface area (Å²) in [5.41, 5.74) is -3.09. The first-order valence-corrected chi connectivity index (χ1v) is 12.9. The molecule has 0 atom stereocenters. The second kappa shape index (κ2) is 8.72. The third kappa shape index (κ3) is 3.21. The van der Waals surface area contributed by atoms with Gasteiger partial charge in [0.1, 0.15) is 11.2 Å². The molecule has 44 heavy (non-hydrogen) atoms. The van der Waals surface area contributed by atoms with Gasteiger partial charge in [0.05, 0.1) is 41.2 Å². The fraction of sp³-hybridized carbons (Fsp3) is 0. The number of rotatable bonds is 3. The highest BCUT2D eigenvalue weighted by atomic mass is 16.3. The van der Waals surface area contributed by atoms with E-state index in [9.17, 15) is 2.74 Å². The van der Waals surface area contributed by atoms with E-state index in [0.717, 1.165) is 4.57 Å². The van der Waals surface area contributed by atoms with Crippen molar-refractivity contribution in [3.05, 3.63) is 133 Å². The van der Waals surface area contributed by atoms with E-state index in [4.69, 9.17) is 31.8 Å². The van der Waals surface area contributed by atoms with Crippen LogP contribution in [0.15, 0.2) is 137 Å². The number of nitrogens with zero attached hydrogens (tertiary/aromatic N) is 4. The Balaban J connectivity index is 1.48. The lowest BCUT2D eigenvalue weighted by atomic mass is 9.93. The quantitative estimate of drug-likeness (QED) is 0.194.